The summed E-state index contributed by atoms with van der Waals surface area (Å²) in [7, 11) is 1.96. The molecule has 0 saturated heterocycles. The number of hydrogen-bond donors (Lipinski definition) is 2. The van der Waals surface area contributed by atoms with E-state index in [1.165, 1.54) is 18.3 Å². The molecule has 1 aliphatic rings. The fourth-order valence-corrected chi connectivity index (χ4v) is 3.57. The highest BCUT2D eigenvalue weighted by atomic mass is 35.5. The van der Waals surface area contributed by atoms with Crippen molar-refractivity contribution in [1.82, 2.24) is 15.6 Å². The Morgan fingerprint density at radius 1 is 1.33 bits per heavy atom. The summed E-state index contributed by atoms with van der Waals surface area (Å²) in [5, 5.41) is 7.01. The number of carbonyl (C=O) groups excluding carboxylic acids is 1. The normalized spacial score (nSPS) is 22.8. The van der Waals surface area contributed by atoms with Crippen molar-refractivity contribution in [3.63, 3.8) is 0 Å². The molecular weight excluding hydrogens is 376 g/mol. The number of rotatable bonds is 5. The maximum Gasteiger partial charge on any atom is 0.387 e. The molecule has 0 bridgehead atoms. The summed E-state index contributed by atoms with van der Waals surface area (Å²) in [6.45, 7) is -0.779. The van der Waals surface area contributed by atoms with Gasteiger partial charge in [-0.05, 0) is 51.8 Å². The quantitative estimate of drug-likeness (QED) is 0.795. The minimum Gasteiger partial charge on any atom is -0.433 e. The largest absolute Gasteiger partial charge is 0.433 e. The summed E-state index contributed by atoms with van der Waals surface area (Å²) < 4.78 is 29.2. The van der Waals surface area contributed by atoms with Crippen LogP contribution in [0.2, 0.25) is 5.02 Å². The van der Waals surface area contributed by atoms with Crippen LogP contribution in [-0.2, 0) is 0 Å². The first-order valence-corrected chi connectivity index (χ1v) is 9.21. The molecular formula is C19H22ClF2N3O2. The highest BCUT2D eigenvalue weighted by Gasteiger charge is 2.30. The maximum atomic E-state index is 12.6. The standard InChI is InChI=1S/C19H22ClF2N3O2/c1-19(23-2)5-3-13(4-6-19)25-17(26)12-7-11-8-14(20)16(27-18(21)22)9-15(11)24-10-12/h7-10,13,18,23H,3-6H2,1-2H3,(H,25,26). The molecule has 1 heterocycles. The number of benzene rings is 1. The number of nitrogens with one attached hydrogen (secondary N) is 2. The Balaban J connectivity index is 1.72. The van der Waals surface area contributed by atoms with E-state index in [0.717, 1.165) is 25.7 Å². The van der Waals surface area contributed by atoms with E-state index in [1.807, 2.05) is 7.05 Å². The molecule has 146 valence electrons. The molecule has 0 atom stereocenters. The topological polar surface area (TPSA) is 63.2 Å². The Hall–Kier alpha value is -1.99. The smallest absolute Gasteiger partial charge is 0.387 e. The maximum absolute atomic E-state index is 12.6. The Bertz CT molecular complexity index is 839. The fourth-order valence-electron chi connectivity index (χ4n) is 3.36. The third-order valence-corrected chi connectivity index (χ3v) is 5.54. The van der Waals surface area contributed by atoms with Gasteiger partial charge in [-0.25, -0.2) is 0 Å². The molecule has 5 nitrogen and oxygen atoms in total. The Kier molecular flexibility index (Phi) is 5.81. The van der Waals surface area contributed by atoms with E-state index in [2.05, 4.69) is 27.3 Å². The number of ether oxygens (including phenoxy) is 1. The summed E-state index contributed by atoms with van der Waals surface area (Å²) in [5.41, 5.74) is 0.956. The van der Waals surface area contributed by atoms with Gasteiger partial charge in [0.05, 0.1) is 16.1 Å². The molecule has 2 N–H and O–H groups in total. The first-order valence-electron chi connectivity index (χ1n) is 8.83. The van der Waals surface area contributed by atoms with Gasteiger partial charge in [-0.3, -0.25) is 9.78 Å². The molecule has 0 unspecified atom stereocenters. The summed E-state index contributed by atoms with van der Waals surface area (Å²) in [5.74, 6) is -0.342. The van der Waals surface area contributed by atoms with Crippen molar-refractivity contribution in [2.75, 3.05) is 7.05 Å². The number of pyridine rings is 1. The minimum absolute atomic E-state index is 0.0424. The molecule has 27 heavy (non-hydrogen) atoms. The van der Waals surface area contributed by atoms with Crippen LogP contribution in [0.25, 0.3) is 10.9 Å². The van der Waals surface area contributed by atoms with Crippen LogP contribution in [0.5, 0.6) is 5.75 Å². The molecule has 1 aliphatic carbocycles. The molecule has 3 rings (SSSR count). The van der Waals surface area contributed by atoms with Crippen molar-refractivity contribution in [2.45, 2.75) is 50.8 Å². The van der Waals surface area contributed by atoms with Gasteiger partial charge >= 0.3 is 6.61 Å². The molecule has 1 aromatic carbocycles. The number of aromatic nitrogens is 1. The Labute approximate surface area is 161 Å². The van der Waals surface area contributed by atoms with Gasteiger partial charge in [-0.2, -0.15) is 8.78 Å². The van der Waals surface area contributed by atoms with Gasteiger partial charge in [0, 0.05) is 29.2 Å². The number of carbonyl (C=O) groups is 1. The molecule has 1 aromatic heterocycles. The zero-order valence-corrected chi connectivity index (χ0v) is 15.9. The lowest BCUT2D eigenvalue weighted by Crippen LogP contribution is -2.48. The summed E-state index contributed by atoms with van der Waals surface area (Å²) in [6, 6.07) is 4.58. The predicted molar refractivity (Wildman–Crippen MR) is 101 cm³/mol. The lowest BCUT2D eigenvalue weighted by molar-refractivity contribution is -0.0497. The van der Waals surface area contributed by atoms with Crippen LogP contribution in [0.3, 0.4) is 0 Å². The van der Waals surface area contributed by atoms with Gasteiger partial charge in [-0.15, -0.1) is 0 Å². The van der Waals surface area contributed by atoms with E-state index in [-0.39, 0.29) is 28.3 Å². The summed E-state index contributed by atoms with van der Waals surface area (Å²) in [6.07, 6.45) is 5.23. The van der Waals surface area contributed by atoms with E-state index < -0.39 is 6.61 Å². The first kappa shape index (κ1) is 19.8. The lowest BCUT2D eigenvalue weighted by atomic mass is 9.81. The van der Waals surface area contributed by atoms with Crippen LogP contribution in [0.1, 0.15) is 43.0 Å². The molecule has 1 amide bonds. The Morgan fingerprint density at radius 2 is 2.04 bits per heavy atom. The average Bonchev–Trinajstić information content (AvgIpc) is 2.63. The van der Waals surface area contributed by atoms with Gasteiger partial charge < -0.3 is 15.4 Å². The number of halogens is 3. The number of amides is 1. The number of nitrogens with zero attached hydrogens (tertiary/aromatic N) is 1. The summed E-state index contributed by atoms with van der Waals surface area (Å²) >= 11 is 5.98. The van der Waals surface area contributed by atoms with Crippen LogP contribution in [0.15, 0.2) is 24.4 Å². The van der Waals surface area contributed by atoms with Gasteiger partial charge in [-0.1, -0.05) is 11.6 Å². The molecule has 8 heteroatoms. The number of hydrogen-bond acceptors (Lipinski definition) is 4. The first-order chi connectivity index (χ1) is 12.8. The van der Waals surface area contributed by atoms with Crippen molar-refractivity contribution < 1.29 is 18.3 Å². The van der Waals surface area contributed by atoms with Crippen LogP contribution in [-0.4, -0.2) is 36.1 Å². The van der Waals surface area contributed by atoms with Crippen LogP contribution in [0, 0.1) is 0 Å². The highest BCUT2D eigenvalue weighted by Crippen LogP contribution is 2.31. The van der Waals surface area contributed by atoms with Crippen LogP contribution >= 0.6 is 11.6 Å². The molecule has 2 aromatic rings. The van der Waals surface area contributed by atoms with Crippen molar-refractivity contribution in [3.05, 3.63) is 35.0 Å². The minimum atomic E-state index is -2.97. The van der Waals surface area contributed by atoms with E-state index in [0.29, 0.717) is 16.5 Å². The molecule has 0 spiro atoms. The van der Waals surface area contributed by atoms with Crippen molar-refractivity contribution in [2.24, 2.45) is 0 Å². The molecule has 1 fully saturated rings. The predicted octanol–water partition coefficient (Wildman–Crippen LogP) is 4.14. The molecule has 0 radical (unpaired) electrons. The Morgan fingerprint density at radius 3 is 2.67 bits per heavy atom. The highest BCUT2D eigenvalue weighted by molar-refractivity contribution is 6.32. The SMILES string of the molecule is CNC1(C)CCC(NC(=O)c2cnc3cc(OC(F)F)c(Cl)cc3c2)CC1. The molecule has 1 saturated carbocycles. The lowest BCUT2D eigenvalue weighted by Gasteiger charge is -2.37. The second-order valence-corrected chi connectivity index (χ2v) is 7.54. The van der Waals surface area contributed by atoms with Gasteiger partial charge in [0.15, 0.2) is 0 Å². The van der Waals surface area contributed by atoms with Crippen molar-refractivity contribution in [1.29, 1.82) is 0 Å². The van der Waals surface area contributed by atoms with Gasteiger partial charge in [0.25, 0.3) is 5.91 Å². The zero-order valence-electron chi connectivity index (χ0n) is 15.2. The number of alkyl halides is 2. The average molecular weight is 398 g/mol. The van der Waals surface area contributed by atoms with E-state index >= 15 is 0 Å². The zero-order chi connectivity index (χ0) is 19.6. The fraction of sp³-hybridized carbons (Fsp3) is 0.474. The van der Waals surface area contributed by atoms with E-state index in [1.54, 1.807) is 6.07 Å². The third kappa shape index (κ3) is 4.65. The molecule has 0 aliphatic heterocycles. The van der Waals surface area contributed by atoms with E-state index in [9.17, 15) is 13.6 Å². The summed E-state index contributed by atoms with van der Waals surface area (Å²) in [4.78, 5) is 16.7. The van der Waals surface area contributed by atoms with Gasteiger partial charge in [0.1, 0.15) is 5.75 Å². The van der Waals surface area contributed by atoms with Crippen molar-refractivity contribution >= 4 is 28.4 Å². The second kappa shape index (κ2) is 7.94. The number of fused-ring (bicyclic) bond motifs is 1. The second-order valence-electron chi connectivity index (χ2n) is 7.14. The van der Waals surface area contributed by atoms with Crippen LogP contribution < -0.4 is 15.4 Å². The van der Waals surface area contributed by atoms with E-state index in [4.69, 9.17) is 11.6 Å². The monoisotopic (exact) mass is 397 g/mol. The third-order valence-electron chi connectivity index (χ3n) is 5.24. The van der Waals surface area contributed by atoms with Crippen LogP contribution in [0.4, 0.5) is 8.78 Å². The van der Waals surface area contributed by atoms with Crippen molar-refractivity contribution in [3.8, 4) is 5.75 Å². The van der Waals surface area contributed by atoms with Gasteiger partial charge in [0.2, 0.25) is 0 Å².